The Kier molecular flexibility index (Phi) is 7.58. The summed E-state index contributed by atoms with van der Waals surface area (Å²) in [4.78, 5) is 49.9. The number of ether oxygens (including phenoxy) is 1. The van der Waals surface area contributed by atoms with Gasteiger partial charge in [-0.3, -0.25) is 9.09 Å². The van der Waals surface area contributed by atoms with E-state index in [9.17, 15) is 28.6 Å². The summed E-state index contributed by atoms with van der Waals surface area (Å²) in [6.45, 7) is 0.559. The number of alkyl halides is 2. The summed E-state index contributed by atoms with van der Waals surface area (Å²) in [6.07, 6.45) is -3.55. The number of nitrogens with zero attached hydrogens (tertiary/aromatic N) is 5. The zero-order chi connectivity index (χ0) is 27.5. The van der Waals surface area contributed by atoms with E-state index in [0.717, 1.165) is 17.8 Å². The van der Waals surface area contributed by atoms with Crippen LogP contribution in [0.5, 0.6) is 0 Å². The Morgan fingerprint density at radius 2 is 1.75 bits per heavy atom. The van der Waals surface area contributed by atoms with Crippen LogP contribution in [0.1, 0.15) is 19.0 Å². The third-order valence-electron chi connectivity index (χ3n) is 4.76. The summed E-state index contributed by atoms with van der Waals surface area (Å²) in [5.74, 6) is -2.96. The fourth-order valence-corrected chi connectivity index (χ4v) is 6.36. The summed E-state index contributed by atoms with van der Waals surface area (Å²) in [7, 11) is -14.0. The van der Waals surface area contributed by atoms with Gasteiger partial charge in [0.15, 0.2) is 35.0 Å². The van der Waals surface area contributed by atoms with E-state index >= 15 is 8.78 Å². The third kappa shape index (κ3) is 5.99. The first kappa shape index (κ1) is 29.1. The molecule has 22 heteroatoms. The largest absolute Gasteiger partial charge is 0.490 e. The lowest BCUT2D eigenvalue weighted by molar-refractivity contribution is -0.203. The topological polar surface area (TPSA) is 236 Å². The number of imidazole rings is 1. The molecule has 0 bridgehead atoms. The number of hydrogen-bond acceptors (Lipinski definition) is 12. The molecule has 0 radical (unpaired) electrons. The van der Waals surface area contributed by atoms with Gasteiger partial charge in [0.25, 0.3) is 5.85 Å². The van der Waals surface area contributed by atoms with Crippen LogP contribution in [0.2, 0.25) is 0 Å². The molecule has 17 nitrogen and oxygen atoms in total. The lowest BCUT2D eigenvalue weighted by atomic mass is 9.97. The highest BCUT2D eigenvalue weighted by Crippen LogP contribution is 2.66. The molecule has 36 heavy (non-hydrogen) atoms. The van der Waals surface area contributed by atoms with Gasteiger partial charge in [-0.15, -0.1) is 0 Å². The first-order chi connectivity index (χ1) is 16.2. The molecule has 0 saturated carbocycles. The second-order valence-corrected chi connectivity index (χ2v) is 12.4. The van der Waals surface area contributed by atoms with Crippen molar-refractivity contribution < 1.29 is 65.0 Å². The molecule has 2 aromatic heterocycles. The molecule has 3 rings (SSSR count). The van der Waals surface area contributed by atoms with Crippen molar-refractivity contribution in [3.63, 3.8) is 0 Å². The normalized spacial score (nSPS) is 30.3. The smallest absolute Gasteiger partial charge is 0.384 e. The maximum atomic E-state index is 15.6. The van der Waals surface area contributed by atoms with Gasteiger partial charge in [0, 0.05) is 14.1 Å². The highest BCUT2D eigenvalue weighted by Gasteiger charge is 2.65. The molecule has 0 spiro atoms. The van der Waals surface area contributed by atoms with Crippen LogP contribution in [-0.2, 0) is 31.6 Å². The Bertz CT molecular complexity index is 1300. The number of aryl methyl sites for hydroxylation is 1. The van der Waals surface area contributed by atoms with Gasteiger partial charge < -0.3 is 34.3 Å². The average molecular weight is 583 g/mol. The van der Waals surface area contributed by atoms with E-state index in [4.69, 9.17) is 14.5 Å². The second kappa shape index (κ2) is 9.38. The van der Waals surface area contributed by atoms with Crippen LogP contribution < -0.4 is 4.90 Å². The summed E-state index contributed by atoms with van der Waals surface area (Å²) in [6, 6.07) is 0. The van der Waals surface area contributed by atoms with Crippen LogP contribution in [0.3, 0.4) is 0 Å². The molecular formula is C14H22F2N5O12P3. The van der Waals surface area contributed by atoms with Crippen LogP contribution >= 0.6 is 23.5 Å². The molecule has 1 fully saturated rings. The van der Waals surface area contributed by atoms with Gasteiger partial charge in [-0.1, -0.05) is 0 Å². The molecule has 1 saturated heterocycles. The van der Waals surface area contributed by atoms with E-state index in [1.807, 2.05) is 0 Å². The van der Waals surface area contributed by atoms with Crippen molar-refractivity contribution in [2.45, 2.75) is 37.7 Å². The minimum absolute atomic E-state index is 0.00408. The number of halogens is 2. The first-order valence-corrected chi connectivity index (χ1v) is 14.1. The maximum Gasteiger partial charge on any atom is 0.490 e. The highest BCUT2D eigenvalue weighted by atomic mass is 31.3. The highest BCUT2D eigenvalue weighted by molar-refractivity contribution is 7.66. The fraction of sp³-hybridized carbons (Fsp3) is 0.643. The van der Waals surface area contributed by atoms with Crippen molar-refractivity contribution >= 4 is 40.4 Å². The number of phosphoric acid groups is 3. The molecule has 1 aliphatic heterocycles. The molecule has 204 valence electrons. The standard InChI is InChI=1S/C14H22F2N5O12P3/c1-7-18-9(20(3)4)8-10(19-7)21(6-17-8)12-13(2,15)11(22)14(16,31-12)5-30-35(26,27)33-36(28,29)32-34(23,24)25/h6,11-12,22H,5H2,1-4H3,(H,26,27)(H,28,29)(H2,23,24,25)/t11-,12+,13+,14+/m0/s1. The lowest BCUT2D eigenvalue weighted by Crippen LogP contribution is -2.46. The molecular weight excluding hydrogens is 561 g/mol. The van der Waals surface area contributed by atoms with Gasteiger partial charge in [0.2, 0.25) is 0 Å². The third-order valence-corrected chi connectivity index (χ3v) is 8.55. The number of phosphoric ester groups is 1. The van der Waals surface area contributed by atoms with Gasteiger partial charge in [-0.05, 0) is 13.8 Å². The number of hydrogen-bond donors (Lipinski definition) is 5. The zero-order valence-corrected chi connectivity index (χ0v) is 21.5. The second-order valence-electron chi connectivity index (χ2n) is 7.99. The van der Waals surface area contributed by atoms with Gasteiger partial charge in [-0.25, -0.2) is 37.4 Å². The van der Waals surface area contributed by atoms with Gasteiger partial charge in [0.05, 0.1) is 6.33 Å². The Hall–Kier alpha value is -1.46. The van der Waals surface area contributed by atoms with Crippen LogP contribution in [-0.4, -0.2) is 82.5 Å². The predicted molar refractivity (Wildman–Crippen MR) is 114 cm³/mol. The van der Waals surface area contributed by atoms with E-state index < -0.39 is 53.9 Å². The number of aliphatic hydroxyl groups excluding tert-OH is 1. The first-order valence-electron chi connectivity index (χ1n) is 9.58. The molecule has 2 aromatic rings. The Morgan fingerprint density at radius 1 is 1.14 bits per heavy atom. The van der Waals surface area contributed by atoms with E-state index in [2.05, 4.69) is 28.1 Å². The van der Waals surface area contributed by atoms with Gasteiger partial charge in [0.1, 0.15) is 12.4 Å². The van der Waals surface area contributed by atoms with Crippen molar-refractivity contribution in [2.75, 3.05) is 25.6 Å². The lowest BCUT2D eigenvalue weighted by Gasteiger charge is -2.25. The number of fused-ring (bicyclic) bond motifs is 1. The SMILES string of the molecule is Cc1nc(N(C)C)c2ncn([C@@H]3O[C@](F)(COP(=O)(O)OP(=O)(O)OP(=O)(O)O)[C@@H](O)[C@@]3(C)F)c2n1. The average Bonchev–Trinajstić information content (AvgIpc) is 3.16. The van der Waals surface area contributed by atoms with Crippen molar-refractivity contribution in [1.82, 2.24) is 19.5 Å². The predicted octanol–water partition coefficient (Wildman–Crippen LogP) is 0.828. The molecule has 0 amide bonds. The Labute approximate surface area is 201 Å². The molecule has 0 aliphatic carbocycles. The van der Waals surface area contributed by atoms with Crippen LogP contribution in [0, 0.1) is 6.92 Å². The molecule has 0 aromatic carbocycles. The summed E-state index contributed by atoms with van der Waals surface area (Å²) in [5, 5.41) is 10.3. The van der Waals surface area contributed by atoms with Gasteiger partial charge in [-0.2, -0.15) is 8.62 Å². The minimum atomic E-state index is -5.89. The number of aromatic nitrogens is 4. The molecule has 5 N–H and O–H groups in total. The Balaban J connectivity index is 1.87. The van der Waals surface area contributed by atoms with Crippen LogP contribution in [0.4, 0.5) is 14.6 Å². The number of rotatable bonds is 9. The number of aliphatic hydroxyl groups is 1. The molecule has 1 aliphatic rings. The molecule has 6 atom stereocenters. The van der Waals surface area contributed by atoms with Gasteiger partial charge >= 0.3 is 23.5 Å². The monoisotopic (exact) mass is 583 g/mol. The van der Waals surface area contributed by atoms with E-state index in [0.29, 0.717) is 5.82 Å². The van der Waals surface area contributed by atoms with Crippen molar-refractivity contribution in [3.05, 3.63) is 12.2 Å². The van der Waals surface area contributed by atoms with E-state index in [1.165, 1.54) is 6.92 Å². The quantitative estimate of drug-likeness (QED) is 0.257. The molecule has 3 heterocycles. The van der Waals surface area contributed by atoms with Crippen molar-refractivity contribution in [1.29, 1.82) is 0 Å². The summed E-state index contributed by atoms with van der Waals surface area (Å²) >= 11 is 0. The van der Waals surface area contributed by atoms with E-state index in [1.54, 1.807) is 19.0 Å². The van der Waals surface area contributed by atoms with Crippen LogP contribution in [0.25, 0.3) is 11.2 Å². The fourth-order valence-electron chi connectivity index (χ4n) is 3.33. The number of anilines is 1. The van der Waals surface area contributed by atoms with Crippen molar-refractivity contribution in [3.8, 4) is 0 Å². The van der Waals surface area contributed by atoms with E-state index in [-0.39, 0.29) is 17.0 Å². The molecule has 2 unspecified atom stereocenters. The Morgan fingerprint density at radius 3 is 2.31 bits per heavy atom. The zero-order valence-electron chi connectivity index (χ0n) is 18.9. The maximum absolute atomic E-state index is 15.6. The van der Waals surface area contributed by atoms with Crippen LogP contribution in [0.15, 0.2) is 6.33 Å². The van der Waals surface area contributed by atoms with Crippen molar-refractivity contribution in [2.24, 2.45) is 0 Å². The summed E-state index contributed by atoms with van der Waals surface area (Å²) < 4.78 is 82.3. The summed E-state index contributed by atoms with van der Waals surface area (Å²) in [5.41, 5.74) is -2.73. The minimum Gasteiger partial charge on any atom is -0.384 e.